The van der Waals surface area contributed by atoms with Gasteiger partial charge in [-0.3, -0.25) is 9.69 Å². The van der Waals surface area contributed by atoms with Crippen molar-refractivity contribution in [3.05, 3.63) is 34.9 Å². The number of likely N-dealkylation sites (tertiary alicyclic amines) is 1. The first-order chi connectivity index (χ1) is 11.6. The van der Waals surface area contributed by atoms with Crippen LogP contribution in [0.2, 0.25) is 0 Å². The van der Waals surface area contributed by atoms with Gasteiger partial charge in [-0.2, -0.15) is 13.2 Å². The zero-order chi connectivity index (χ0) is 18.8. The molecular formula is C19H27F3N2O. The number of rotatable bonds is 6. The van der Waals surface area contributed by atoms with Crippen LogP contribution >= 0.6 is 0 Å². The van der Waals surface area contributed by atoms with E-state index in [0.29, 0.717) is 6.04 Å². The predicted octanol–water partition coefficient (Wildman–Crippen LogP) is 4.07. The Labute approximate surface area is 147 Å². The second kappa shape index (κ2) is 7.87. The largest absolute Gasteiger partial charge is 0.416 e. The third-order valence-electron chi connectivity index (χ3n) is 4.70. The van der Waals surface area contributed by atoms with Gasteiger partial charge in [0.1, 0.15) is 0 Å². The quantitative estimate of drug-likeness (QED) is 0.718. The van der Waals surface area contributed by atoms with E-state index in [0.717, 1.165) is 25.6 Å². The van der Waals surface area contributed by atoms with E-state index in [1.807, 2.05) is 32.8 Å². The summed E-state index contributed by atoms with van der Waals surface area (Å²) in [5, 5.41) is 0. The first kappa shape index (κ1) is 19.9. The van der Waals surface area contributed by atoms with Gasteiger partial charge in [-0.1, -0.05) is 26.0 Å². The SMILES string of the molecule is CC(C)CC(=O)c1ccc(CN2CCC(N(C)C)C2)c(C(F)(F)F)c1. The maximum atomic E-state index is 13.5. The fourth-order valence-electron chi connectivity index (χ4n) is 3.26. The molecule has 3 nitrogen and oxygen atoms in total. The highest BCUT2D eigenvalue weighted by Crippen LogP contribution is 2.34. The monoisotopic (exact) mass is 356 g/mol. The summed E-state index contributed by atoms with van der Waals surface area (Å²) >= 11 is 0. The summed E-state index contributed by atoms with van der Waals surface area (Å²) in [4.78, 5) is 16.3. The summed E-state index contributed by atoms with van der Waals surface area (Å²) in [6, 6.07) is 4.41. The van der Waals surface area contributed by atoms with E-state index in [2.05, 4.69) is 4.90 Å². The van der Waals surface area contributed by atoms with Crippen LogP contribution in [0.15, 0.2) is 18.2 Å². The lowest BCUT2D eigenvalue weighted by atomic mass is 9.96. The van der Waals surface area contributed by atoms with Crippen LogP contribution in [0.4, 0.5) is 13.2 Å². The molecule has 0 aromatic heterocycles. The maximum absolute atomic E-state index is 13.5. The number of ketones is 1. The summed E-state index contributed by atoms with van der Waals surface area (Å²) in [6.07, 6.45) is -3.24. The van der Waals surface area contributed by atoms with Crippen molar-refractivity contribution in [1.82, 2.24) is 9.80 Å². The van der Waals surface area contributed by atoms with Crippen molar-refractivity contribution in [2.24, 2.45) is 5.92 Å². The molecule has 0 saturated carbocycles. The highest BCUT2D eigenvalue weighted by atomic mass is 19.4. The van der Waals surface area contributed by atoms with Crippen molar-refractivity contribution in [2.75, 3.05) is 27.2 Å². The number of likely N-dealkylation sites (N-methyl/N-ethyl adjacent to an activating group) is 1. The smallest absolute Gasteiger partial charge is 0.305 e. The molecule has 6 heteroatoms. The Morgan fingerprint density at radius 1 is 1.32 bits per heavy atom. The lowest BCUT2D eigenvalue weighted by molar-refractivity contribution is -0.138. The molecule has 1 unspecified atom stereocenters. The minimum absolute atomic E-state index is 0.120. The maximum Gasteiger partial charge on any atom is 0.416 e. The van der Waals surface area contributed by atoms with Gasteiger partial charge in [0.15, 0.2) is 5.78 Å². The molecule has 1 saturated heterocycles. The molecule has 0 radical (unpaired) electrons. The Bertz CT molecular complexity index is 611. The molecule has 2 rings (SSSR count). The molecule has 0 aliphatic carbocycles. The molecule has 0 bridgehead atoms. The second-order valence-electron chi connectivity index (χ2n) is 7.53. The second-order valence-corrected chi connectivity index (χ2v) is 7.53. The fourth-order valence-corrected chi connectivity index (χ4v) is 3.26. The third kappa shape index (κ3) is 5.28. The van der Waals surface area contributed by atoms with Gasteiger partial charge in [0.2, 0.25) is 0 Å². The third-order valence-corrected chi connectivity index (χ3v) is 4.70. The molecule has 0 amide bonds. The van der Waals surface area contributed by atoms with E-state index < -0.39 is 11.7 Å². The highest BCUT2D eigenvalue weighted by Gasteiger charge is 2.35. The molecular weight excluding hydrogens is 329 g/mol. The van der Waals surface area contributed by atoms with Crippen LogP contribution in [0, 0.1) is 5.92 Å². The van der Waals surface area contributed by atoms with Gasteiger partial charge >= 0.3 is 6.18 Å². The molecule has 0 N–H and O–H groups in total. The van der Waals surface area contributed by atoms with Crippen molar-refractivity contribution in [1.29, 1.82) is 0 Å². The number of hydrogen-bond donors (Lipinski definition) is 0. The van der Waals surface area contributed by atoms with Crippen LogP contribution in [0.5, 0.6) is 0 Å². The summed E-state index contributed by atoms with van der Waals surface area (Å²) in [6.45, 7) is 5.57. The van der Waals surface area contributed by atoms with Gasteiger partial charge in [-0.05, 0) is 38.1 Å². The average Bonchev–Trinajstić information content (AvgIpc) is 2.94. The Morgan fingerprint density at radius 3 is 2.52 bits per heavy atom. The van der Waals surface area contributed by atoms with Crippen LogP contribution in [-0.4, -0.2) is 48.8 Å². The number of nitrogens with zero attached hydrogens (tertiary/aromatic N) is 2. The molecule has 1 heterocycles. The minimum atomic E-state index is -4.45. The topological polar surface area (TPSA) is 23.6 Å². The number of alkyl halides is 3. The van der Waals surface area contributed by atoms with Crippen LogP contribution in [0.1, 0.15) is 48.2 Å². The molecule has 1 aromatic rings. The van der Waals surface area contributed by atoms with Crippen LogP contribution < -0.4 is 0 Å². The van der Waals surface area contributed by atoms with Gasteiger partial charge in [0.25, 0.3) is 0 Å². The molecule has 0 spiro atoms. The molecule has 1 atom stereocenters. The van der Waals surface area contributed by atoms with E-state index >= 15 is 0 Å². The summed E-state index contributed by atoms with van der Waals surface area (Å²) in [7, 11) is 3.98. The zero-order valence-electron chi connectivity index (χ0n) is 15.4. The number of Topliss-reactive ketones (excluding diaryl/α,β-unsaturated/α-hetero) is 1. The number of hydrogen-bond acceptors (Lipinski definition) is 3. The fraction of sp³-hybridized carbons (Fsp3) is 0.632. The van der Waals surface area contributed by atoms with Crippen molar-refractivity contribution in [3.8, 4) is 0 Å². The number of benzene rings is 1. The Hall–Kier alpha value is -1.40. The zero-order valence-corrected chi connectivity index (χ0v) is 15.4. The van der Waals surface area contributed by atoms with E-state index in [9.17, 15) is 18.0 Å². The average molecular weight is 356 g/mol. The Kier molecular flexibility index (Phi) is 6.27. The molecule has 140 valence electrons. The van der Waals surface area contributed by atoms with Crippen LogP contribution in [-0.2, 0) is 12.7 Å². The molecule has 1 aliphatic rings. The van der Waals surface area contributed by atoms with Crippen molar-refractivity contribution in [2.45, 2.75) is 45.5 Å². The molecule has 25 heavy (non-hydrogen) atoms. The van der Waals surface area contributed by atoms with Crippen LogP contribution in [0.25, 0.3) is 0 Å². The first-order valence-corrected chi connectivity index (χ1v) is 8.70. The number of carbonyl (C=O) groups excluding carboxylic acids is 1. The van der Waals surface area contributed by atoms with Crippen molar-refractivity contribution >= 4 is 5.78 Å². The van der Waals surface area contributed by atoms with E-state index in [1.54, 1.807) is 0 Å². The normalized spacial score (nSPS) is 19.2. The summed E-state index contributed by atoms with van der Waals surface area (Å²) in [5.74, 6) is -0.116. The van der Waals surface area contributed by atoms with Gasteiger partial charge in [0, 0.05) is 37.7 Å². The van der Waals surface area contributed by atoms with Gasteiger partial charge in [-0.25, -0.2) is 0 Å². The van der Waals surface area contributed by atoms with Gasteiger partial charge < -0.3 is 4.90 Å². The van der Waals surface area contributed by atoms with E-state index in [-0.39, 0.29) is 35.8 Å². The molecule has 1 aliphatic heterocycles. The minimum Gasteiger partial charge on any atom is -0.305 e. The van der Waals surface area contributed by atoms with Crippen LogP contribution in [0.3, 0.4) is 0 Å². The highest BCUT2D eigenvalue weighted by molar-refractivity contribution is 5.96. The summed E-state index contributed by atoms with van der Waals surface area (Å²) < 4.78 is 40.5. The Morgan fingerprint density at radius 2 is 2.00 bits per heavy atom. The standard InChI is InChI=1S/C19H27F3N2O/c1-13(2)9-18(25)14-5-6-15(17(10-14)19(20,21)22)11-24-8-7-16(12-24)23(3)4/h5-6,10,13,16H,7-9,11-12H2,1-4H3. The van der Waals surface area contributed by atoms with Gasteiger partial charge in [-0.15, -0.1) is 0 Å². The lowest BCUT2D eigenvalue weighted by Gasteiger charge is -2.22. The number of carbonyl (C=O) groups is 1. The summed E-state index contributed by atoms with van der Waals surface area (Å²) in [5.41, 5.74) is -0.291. The Balaban J connectivity index is 2.22. The predicted molar refractivity (Wildman–Crippen MR) is 92.6 cm³/mol. The van der Waals surface area contributed by atoms with E-state index in [1.165, 1.54) is 12.1 Å². The molecule has 1 fully saturated rings. The van der Waals surface area contributed by atoms with Crippen molar-refractivity contribution in [3.63, 3.8) is 0 Å². The lowest BCUT2D eigenvalue weighted by Crippen LogP contribution is -2.31. The first-order valence-electron chi connectivity index (χ1n) is 8.70. The van der Waals surface area contributed by atoms with Crippen molar-refractivity contribution < 1.29 is 18.0 Å². The molecule has 1 aromatic carbocycles. The van der Waals surface area contributed by atoms with Gasteiger partial charge in [0.05, 0.1) is 5.56 Å². The van der Waals surface area contributed by atoms with E-state index in [4.69, 9.17) is 0 Å². The number of halogens is 3.